The van der Waals surface area contributed by atoms with Gasteiger partial charge in [0.25, 0.3) is 0 Å². The van der Waals surface area contributed by atoms with E-state index in [0.717, 1.165) is 4.31 Å². The highest BCUT2D eigenvalue weighted by Gasteiger charge is 2.35. The summed E-state index contributed by atoms with van der Waals surface area (Å²) in [6.45, 7) is 0.384. The van der Waals surface area contributed by atoms with Gasteiger partial charge >= 0.3 is 0 Å². The quantitative estimate of drug-likeness (QED) is 0.773. The molecule has 0 bridgehead atoms. The number of nitrogens with one attached hydrogen (secondary N) is 1. The highest BCUT2D eigenvalue weighted by atomic mass is 32.2. The Morgan fingerprint density at radius 1 is 1.14 bits per heavy atom. The second-order valence-corrected chi connectivity index (χ2v) is 9.34. The summed E-state index contributed by atoms with van der Waals surface area (Å²) < 4.78 is 57.5. The van der Waals surface area contributed by atoms with Crippen LogP contribution in [0.5, 0.6) is 0 Å². The van der Waals surface area contributed by atoms with Gasteiger partial charge in [0, 0.05) is 20.0 Å². The highest BCUT2D eigenvalue weighted by Crippen LogP contribution is 2.19. The van der Waals surface area contributed by atoms with E-state index in [-0.39, 0.29) is 23.9 Å². The van der Waals surface area contributed by atoms with E-state index in [1.165, 1.54) is 26.2 Å². The molecular weight excluding hydrogens is 328 g/mol. The van der Waals surface area contributed by atoms with Crippen LogP contribution in [0.25, 0.3) is 0 Å². The van der Waals surface area contributed by atoms with E-state index in [1.54, 1.807) is 18.2 Å². The van der Waals surface area contributed by atoms with Gasteiger partial charge in [0.1, 0.15) is 0 Å². The molecule has 1 heterocycles. The van der Waals surface area contributed by atoms with Crippen LogP contribution in [0.4, 0.5) is 0 Å². The molecule has 1 aliphatic rings. The lowest BCUT2D eigenvalue weighted by Crippen LogP contribution is -2.43. The van der Waals surface area contributed by atoms with Gasteiger partial charge < -0.3 is 4.74 Å². The average Bonchev–Trinajstić information content (AvgIpc) is 2.85. The van der Waals surface area contributed by atoms with Crippen molar-refractivity contribution in [1.29, 1.82) is 0 Å². The molecule has 0 aromatic heterocycles. The highest BCUT2D eigenvalue weighted by molar-refractivity contribution is 7.89. The zero-order valence-electron chi connectivity index (χ0n) is 12.5. The second kappa shape index (κ2) is 6.63. The summed E-state index contributed by atoms with van der Waals surface area (Å²) in [5.74, 6) is -0.562. The van der Waals surface area contributed by atoms with Crippen LogP contribution in [-0.2, 0) is 24.8 Å². The van der Waals surface area contributed by atoms with Crippen molar-refractivity contribution in [1.82, 2.24) is 9.03 Å². The summed E-state index contributed by atoms with van der Waals surface area (Å²) in [6.07, 6.45) is 0. The van der Waals surface area contributed by atoms with Crippen LogP contribution in [0.2, 0.25) is 0 Å². The van der Waals surface area contributed by atoms with Crippen LogP contribution < -0.4 is 4.72 Å². The van der Waals surface area contributed by atoms with E-state index < -0.39 is 32.0 Å². The summed E-state index contributed by atoms with van der Waals surface area (Å²) in [4.78, 5) is 0.149. The molecule has 7 nitrogen and oxygen atoms in total. The molecule has 0 radical (unpaired) electrons. The van der Waals surface area contributed by atoms with E-state index >= 15 is 0 Å². The molecule has 1 saturated heterocycles. The molecule has 0 amide bonds. The van der Waals surface area contributed by atoms with Crippen molar-refractivity contribution in [3.05, 3.63) is 30.3 Å². The number of hydrogen-bond acceptors (Lipinski definition) is 5. The molecule has 1 aromatic rings. The van der Waals surface area contributed by atoms with Gasteiger partial charge in [-0.2, -0.15) is 0 Å². The minimum absolute atomic E-state index is 0.149. The standard InChI is InChI=1S/C13H20N2O5S2/c1-15(2)21(16,17)10-11-8-20-9-13(11)14-22(18,19)12-6-4-3-5-7-12/h3-7,11,13-14H,8-10H2,1-2H3. The first-order valence-corrected chi connectivity index (χ1v) is 9.87. The van der Waals surface area contributed by atoms with Crippen LogP contribution in [0.3, 0.4) is 0 Å². The van der Waals surface area contributed by atoms with Gasteiger partial charge in [-0.15, -0.1) is 0 Å². The Morgan fingerprint density at radius 3 is 2.36 bits per heavy atom. The molecule has 1 aromatic carbocycles. The smallest absolute Gasteiger partial charge is 0.240 e. The van der Waals surface area contributed by atoms with E-state index in [1.807, 2.05) is 0 Å². The molecule has 2 atom stereocenters. The molecule has 1 fully saturated rings. The van der Waals surface area contributed by atoms with Gasteiger partial charge in [-0.3, -0.25) is 0 Å². The fraction of sp³-hybridized carbons (Fsp3) is 0.538. The second-order valence-electron chi connectivity index (χ2n) is 5.40. The summed E-state index contributed by atoms with van der Waals surface area (Å²) >= 11 is 0. The summed E-state index contributed by atoms with van der Waals surface area (Å²) in [7, 11) is -4.20. The van der Waals surface area contributed by atoms with Crippen LogP contribution in [0, 0.1) is 5.92 Å². The Hall–Kier alpha value is -1.00. The van der Waals surface area contributed by atoms with Crippen molar-refractivity contribution in [3.8, 4) is 0 Å². The predicted octanol–water partition coefficient (Wildman–Crippen LogP) is -0.129. The first-order chi connectivity index (χ1) is 10.2. The number of nitrogens with zero attached hydrogens (tertiary/aromatic N) is 1. The molecule has 124 valence electrons. The van der Waals surface area contributed by atoms with Gasteiger partial charge in [-0.1, -0.05) is 18.2 Å². The molecule has 0 spiro atoms. The fourth-order valence-corrected chi connectivity index (χ4v) is 4.66. The Morgan fingerprint density at radius 2 is 1.77 bits per heavy atom. The van der Waals surface area contributed by atoms with Gasteiger partial charge in [-0.25, -0.2) is 25.9 Å². The minimum atomic E-state index is -3.69. The molecule has 1 N–H and O–H groups in total. The van der Waals surface area contributed by atoms with Crippen LogP contribution in [0.15, 0.2) is 35.2 Å². The summed E-state index contributed by atoms with van der Waals surface area (Å²) in [5, 5.41) is 0. The zero-order valence-corrected chi connectivity index (χ0v) is 14.1. The van der Waals surface area contributed by atoms with E-state index in [9.17, 15) is 16.8 Å². The Balaban J connectivity index is 2.12. The maximum Gasteiger partial charge on any atom is 0.240 e. The van der Waals surface area contributed by atoms with Crippen molar-refractivity contribution < 1.29 is 21.6 Å². The van der Waals surface area contributed by atoms with Crippen LogP contribution in [0.1, 0.15) is 0 Å². The topological polar surface area (TPSA) is 92.8 Å². The number of rotatable bonds is 6. The summed E-state index contributed by atoms with van der Waals surface area (Å²) in [6, 6.07) is 7.42. The van der Waals surface area contributed by atoms with Gasteiger partial charge in [0.15, 0.2) is 0 Å². The van der Waals surface area contributed by atoms with Crippen molar-refractivity contribution >= 4 is 20.0 Å². The predicted molar refractivity (Wildman–Crippen MR) is 82.3 cm³/mol. The molecule has 22 heavy (non-hydrogen) atoms. The van der Waals surface area contributed by atoms with E-state index in [4.69, 9.17) is 4.74 Å². The normalized spacial score (nSPS) is 23.0. The first kappa shape index (κ1) is 17.4. The number of sulfonamides is 2. The lowest BCUT2D eigenvalue weighted by Gasteiger charge is -2.21. The maximum absolute atomic E-state index is 12.3. The van der Waals surface area contributed by atoms with Crippen LogP contribution >= 0.6 is 0 Å². The number of ether oxygens (including phenoxy) is 1. The SMILES string of the molecule is CN(C)S(=O)(=O)CC1COCC1NS(=O)(=O)c1ccccc1. The van der Waals surface area contributed by atoms with Crippen molar-refractivity contribution in [2.75, 3.05) is 33.1 Å². The maximum atomic E-state index is 12.3. The molecular formula is C13H20N2O5S2. The van der Waals surface area contributed by atoms with E-state index in [2.05, 4.69) is 4.72 Å². The monoisotopic (exact) mass is 348 g/mol. The van der Waals surface area contributed by atoms with Crippen molar-refractivity contribution in [2.45, 2.75) is 10.9 Å². The fourth-order valence-electron chi connectivity index (χ4n) is 2.18. The Kier molecular flexibility index (Phi) is 5.23. The third kappa shape index (κ3) is 4.05. The molecule has 0 saturated carbocycles. The number of hydrogen-bond donors (Lipinski definition) is 1. The Bertz CT molecular complexity index is 701. The van der Waals surface area contributed by atoms with Crippen molar-refractivity contribution in [2.24, 2.45) is 5.92 Å². The molecule has 1 aliphatic heterocycles. The molecule has 2 rings (SSSR count). The number of benzene rings is 1. The van der Waals surface area contributed by atoms with Crippen LogP contribution in [-0.4, -0.2) is 60.2 Å². The molecule has 2 unspecified atom stereocenters. The average molecular weight is 348 g/mol. The lowest BCUT2D eigenvalue weighted by molar-refractivity contribution is 0.185. The van der Waals surface area contributed by atoms with Crippen molar-refractivity contribution in [3.63, 3.8) is 0 Å². The third-order valence-electron chi connectivity index (χ3n) is 3.54. The van der Waals surface area contributed by atoms with Gasteiger partial charge in [0.2, 0.25) is 20.0 Å². The Labute approximate surface area is 131 Å². The summed E-state index contributed by atoms with van der Waals surface area (Å²) in [5.41, 5.74) is 0. The lowest BCUT2D eigenvalue weighted by atomic mass is 10.1. The third-order valence-corrected chi connectivity index (χ3v) is 7.01. The molecule has 0 aliphatic carbocycles. The minimum Gasteiger partial charge on any atom is -0.379 e. The van der Waals surface area contributed by atoms with Gasteiger partial charge in [0.05, 0.1) is 29.9 Å². The first-order valence-electron chi connectivity index (χ1n) is 6.78. The zero-order chi connectivity index (χ0) is 16.4. The largest absolute Gasteiger partial charge is 0.379 e. The molecule has 9 heteroatoms. The van der Waals surface area contributed by atoms with Gasteiger partial charge in [-0.05, 0) is 12.1 Å². The van der Waals surface area contributed by atoms with E-state index in [0.29, 0.717) is 0 Å².